The van der Waals surface area contributed by atoms with Crippen molar-refractivity contribution < 1.29 is 4.74 Å². The number of ether oxygens (including phenoxy) is 1. The number of hydrogen-bond donors (Lipinski definition) is 0. The van der Waals surface area contributed by atoms with Crippen LogP contribution in [0.4, 0.5) is 0 Å². The van der Waals surface area contributed by atoms with E-state index in [9.17, 15) is 0 Å². The van der Waals surface area contributed by atoms with Gasteiger partial charge in [-0.15, -0.1) is 0 Å². The zero-order valence-electron chi connectivity index (χ0n) is 9.77. The maximum absolute atomic E-state index is 9.10. The molecule has 1 aromatic heterocycles. The minimum absolute atomic E-state index is 0.623. The largest absolute Gasteiger partial charge is 0.497 e. The van der Waals surface area contributed by atoms with Crippen molar-refractivity contribution >= 4 is 0 Å². The van der Waals surface area contributed by atoms with Gasteiger partial charge in [0.05, 0.1) is 18.7 Å². The van der Waals surface area contributed by atoms with Gasteiger partial charge in [-0.25, -0.2) is 0 Å². The molecule has 0 aliphatic carbocycles. The van der Waals surface area contributed by atoms with Crippen LogP contribution in [0.2, 0.25) is 0 Å². The van der Waals surface area contributed by atoms with E-state index in [-0.39, 0.29) is 0 Å². The summed E-state index contributed by atoms with van der Waals surface area (Å²) in [4.78, 5) is 4.14. The van der Waals surface area contributed by atoms with Crippen LogP contribution in [0.3, 0.4) is 0 Å². The van der Waals surface area contributed by atoms with Gasteiger partial charge in [-0.2, -0.15) is 5.26 Å². The Morgan fingerprint density at radius 2 is 2.06 bits per heavy atom. The molecular formula is C14H12N2O. The first-order valence-electron chi connectivity index (χ1n) is 5.25. The van der Waals surface area contributed by atoms with Crippen LogP contribution in [0.5, 0.6) is 5.75 Å². The van der Waals surface area contributed by atoms with Gasteiger partial charge in [-0.1, -0.05) is 0 Å². The van der Waals surface area contributed by atoms with E-state index in [0.29, 0.717) is 5.56 Å². The Morgan fingerprint density at radius 3 is 2.71 bits per heavy atom. The summed E-state index contributed by atoms with van der Waals surface area (Å²) in [7, 11) is 1.61. The lowest BCUT2D eigenvalue weighted by atomic mass is 10.0. The molecule has 0 atom stereocenters. The summed E-state index contributed by atoms with van der Waals surface area (Å²) in [6.45, 7) is 1.97. The highest BCUT2D eigenvalue weighted by atomic mass is 16.5. The van der Waals surface area contributed by atoms with Gasteiger partial charge in [0.25, 0.3) is 0 Å². The van der Waals surface area contributed by atoms with Crippen molar-refractivity contribution in [2.24, 2.45) is 0 Å². The molecule has 84 valence electrons. The highest BCUT2D eigenvalue weighted by Gasteiger charge is 2.07. The van der Waals surface area contributed by atoms with Gasteiger partial charge in [0.1, 0.15) is 5.75 Å². The zero-order valence-corrected chi connectivity index (χ0v) is 9.77. The van der Waals surface area contributed by atoms with Gasteiger partial charge in [0.15, 0.2) is 0 Å². The fourth-order valence-electron chi connectivity index (χ4n) is 1.69. The number of pyridine rings is 1. The fourth-order valence-corrected chi connectivity index (χ4v) is 1.69. The first-order chi connectivity index (χ1) is 8.24. The molecule has 0 saturated carbocycles. The standard InChI is InChI=1S/C14H12N2O/c1-10-5-12(9-16-8-10)14-6-13(17-2)4-3-11(14)7-15/h3-6,8-9H,1-2H3. The van der Waals surface area contributed by atoms with Crippen LogP contribution in [0.25, 0.3) is 11.1 Å². The van der Waals surface area contributed by atoms with E-state index in [1.807, 2.05) is 19.1 Å². The number of nitriles is 1. The zero-order chi connectivity index (χ0) is 12.3. The average molecular weight is 224 g/mol. The Balaban J connectivity index is 2.61. The Hall–Kier alpha value is -2.34. The van der Waals surface area contributed by atoms with Crippen LogP contribution in [-0.2, 0) is 0 Å². The van der Waals surface area contributed by atoms with Crippen molar-refractivity contribution in [2.75, 3.05) is 7.11 Å². The van der Waals surface area contributed by atoms with E-state index in [0.717, 1.165) is 22.4 Å². The third kappa shape index (κ3) is 2.26. The minimum Gasteiger partial charge on any atom is -0.497 e. The molecule has 3 heteroatoms. The molecule has 1 heterocycles. The van der Waals surface area contributed by atoms with Crippen molar-refractivity contribution in [1.29, 1.82) is 5.26 Å². The topological polar surface area (TPSA) is 45.9 Å². The molecule has 0 aliphatic heterocycles. The summed E-state index contributed by atoms with van der Waals surface area (Å²) in [5.74, 6) is 0.737. The molecule has 17 heavy (non-hydrogen) atoms. The van der Waals surface area contributed by atoms with Gasteiger partial charge in [-0.3, -0.25) is 4.98 Å². The van der Waals surface area contributed by atoms with Crippen molar-refractivity contribution in [2.45, 2.75) is 6.92 Å². The molecule has 0 N–H and O–H groups in total. The third-order valence-corrected chi connectivity index (χ3v) is 2.53. The SMILES string of the molecule is COc1ccc(C#N)c(-c2cncc(C)c2)c1. The Labute approximate surface area is 100 Å². The summed E-state index contributed by atoms with van der Waals surface area (Å²) in [6, 6.07) is 9.58. The van der Waals surface area contributed by atoms with Gasteiger partial charge in [0.2, 0.25) is 0 Å². The van der Waals surface area contributed by atoms with Crippen LogP contribution in [0.15, 0.2) is 36.7 Å². The lowest BCUT2D eigenvalue weighted by molar-refractivity contribution is 0.415. The smallest absolute Gasteiger partial charge is 0.119 e. The monoisotopic (exact) mass is 224 g/mol. The second-order valence-corrected chi connectivity index (χ2v) is 3.77. The molecule has 0 radical (unpaired) electrons. The molecule has 2 aromatic rings. The highest BCUT2D eigenvalue weighted by molar-refractivity contribution is 5.71. The summed E-state index contributed by atoms with van der Waals surface area (Å²) < 4.78 is 5.18. The number of hydrogen-bond acceptors (Lipinski definition) is 3. The summed E-state index contributed by atoms with van der Waals surface area (Å²) in [5, 5.41) is 9.10. The lowest BCUT2D eigenvalue weighted by Crippen LogP contribution is -1.89. The molecule has 0 saturated heterocycles. The van der Waals surface area contributed by atoms with Gasteiger partial charge < -0.3 is 4.74 Å². The molecule has 0 unspecified atom stereocenters. The number of benzene rings is 1. The summed E-state index contributed by atoms with van der Waals surface area (Å²) >= 11 is 0. The molecule has 2 rings (SSSR count). The number of nitrogens with zero attached hydrogens (tertiary/aromatic N) is 2. The molecular weight excluding hydrogens is 212 g/mol. The van der Waals surface area contributed by atoms with Crippen LogP contribution in [0.1, 0.15) is 11.1 Å². The van der Waals surface area contributed by atoms with E-state index in [4.69, 9.17) is 10.00 Å². The maximum atomic E-state index is 9.10. The van der Waals surface area contributed by atoms with E-state index in [2.05, 4.69) is 11.1 Å². The first-order valence-corrected chi connectivity index (χ1v) is 5.25. The number of aromatic nitrogens is 1. The predicted molar refractivity (Wildman–Crippen MR) is 65.7 cm³/mol. The van der Waals surface area contributed by atoms with Crippen molar-refractivity contribution in [3.8, 4) is 22.9 Å². The molecule has 0 fully saturated rings. The normalized spacial score (nSPS) is 9.71. The van der Waals surface area contributed by atoms with E-state index >= 15 is 0 Å². The Morgan fingerprint density at radius 1 is 1.24 bits per heavy atom. The second-order valence-electron chi connectivity index (χ2n) is 3.77. The second kappa shape index (κ2) is 4.67. The molecule has 0 aliphatic rings. The molecule has 0 amide bonds. The lowest BCUT2D eigenvalue weighted by Gasteiger charge is -2.07. The van der Waals surface area contributed by atoms with E-state index in [1.165, 1.54) is 0 Å². The van der Waals surface area contributed by atoms with Gasteiger partial charge >= 0.3 is 0 Å². The number of methoxy groups -OCH3 is 1. The Bertz CT molecular complexity index is 585. The highest BCUT2D eigenvalue weighted by Crippen LogP contribution is 2.27. The number of rotatable bonds is 2. The Kier molecular flexibility index (Phi) is 3.06. The minimum atomic E-state index is 0.623. The van der Waals surface area contributed by atoms with Crippen LogP contribution in [0, 0.1) is 18.3 Å². The third-order valence-electron chi connectivity index (χ3n) is 2.53. The van der Waals surface area contributed by atoms with Crippen molar-refractivity contribution in [1.82, 2.24) is 4.98 Å². The van der Waals surface area contributed by atoms with E-state index in [1.54, 1.807) is 31.6 Å². The van der Waals surface area contributed by atoms with E-state index < -0.39 is 0 Å². The maximum Gasteiger partial charge on any atom is 0.119 e. The summed E-state index contributed by atoms with van der Waals surface area (Å²) in [5.41, 5.74) is 3.47. The van der Waals surface area contributed by atoms with Crippen LogP contribution >= 0.6 is 0 Å². The summed E-state index contributed by atoms with van der Waals surface area (Å²) in [6.07, 6.45) is 3.54. The van der Waals surface area contributed by atoms with Crippen molar-refractivity contribution in [3.05, 3.63) is 47.8 Å². The van der Waals surface area contributed by atoms with Crippen LogP contribution in [-0.4, -0.2) is 12.1 Å². The first kappa shape index (κ1) is 11.2. The van der Waals surface area contributed by atoms with Crippen LogP contribution < -0.4 is 4.74 Å². The average Bonchev–Trinajstić information content (AvgIpc) is 2.38. The molecule has 0 spiro atoms. The molecule has 1 aromatic carbocycles. The number of aryl methyl sites for hydroxylation is 1. The molecule has 0 bridgehead atoms. The van der Waals surface area contributed by atoms with Gasteiger partial charge in [-0.05, 0) is 36.8 Å². The quantitative estimate of drug-likeness (QED) is 0.787. The fraction of sp³-hybridized carbons (Fsp3) is 0.143. The predicted octanol–water partition coefficient (Wildman–Crippen LogP) is 2.94. The van der Waals surface area contributed by atoms with Crippen molar-refractivity contribution in [3.63, 3.8) is 0 Å². The molecule has 3 nitrogen and oxygen atoms in total. The van der Waals surface area contributed by atoms with Gasteiger partial charge in [0, 0.05) is 23.5 Å².